The number of carbonyl (C=O) groups is 1. The van der Waals surface area contributed by atoms with Crippen LogP contribution in [0.4, 0.5) is 0 Å². The smallest absolute Gasteiger partial charge is 0.0383 e. The second-order valence-corrected chi connectivity index (χ2v) is 0.492. The van der Waals surface area contributed by atoms with Gasteiger partial charge in [0.15, 0.2) is 0 Å². The Morgan fingerprint density at radius 1 is 1.43 bits per heavy atom. The molecular weight excluding hydrogens is 139 g/mol. The average Bonchev–Trinajstić information content (AvgIpc) is 0.811. The Hall–Kier alpha value is -0.0256. The number of carbonyl (C=O) groups excluding carboxylic acids is 1. The van der Waals surface area contributed by atoms with Crippen LogP contribution in [0, 0.1) is 0 Å². The van der Waals surface area contributed by atoms with E-state index in [2.05, 4.69) is 0 Å². The number of hydrogen-bond donors (Lipinski definition) is 0. The van der Waals surface area contributed by atoms with Gasteiger partial charge in [-0.05, 0) is 6.92 Å². The maximum absolute atomic E-state index is 8.89. The van der Waals surface area contributed by atoms with Crippen molar-refractivity contribution in [3.05, 3.63) is 0 Å². The zero-order chi connectivity index (χ0) is 3.58. The summed E-state index contributed by atoms with van der Waals surface area (Å²) in [5.41, 5.74) is 0. The largest absolute Gasteiger partial charge is 2.00 e. The van der Waals surface area contributed by atoms with Crippen LogP contribution in [0.5, 0.6) is 0 Å². The molecular formula is C2H3O4V-5. The molecule has 0 fully saturated rings. The number of aliphatic carboxylic acids is 1. The van der Waals surface area contributed by atoms with Gasteiger partial charge in [0.1, 0.15) is 0 Å². The maximum Gasteiger partial charge on any atom is 0.0383 e. The number of hydrogen-bond acceptors (Lipinski definition) is 2. The molecule has 0 heterocycles. The Morgan fingerprint density at radius 3 is 1.43 bits per heavy atom. The number of carboxylic acid groups (broad SMARTS) is 1. The zero-order valence-corrected chi connectivity index (χ0v) is 4.98. The van der Waals surface area contributed by atoms with E-state index in [4.69, 9.17) is 9.90 Å². The Morgan fingerprint density at radius 2 is 1.43 bits per heavy atom. The predicted octanol–water partition coefficient (Wildman–Crippen LogP) is -1.48. The van der Waals surface area contributed by atoms with E-state index in [1.54, 1.807) is 0 Å². The topological polar surface area (TPSA) is 97.1 Å². The van der Waals surface area contributed by atoms with Gasteiger partial charge >= 0.3 is 0 Å². The van der Waals surface area contributed by atoms with Crippen molar-refractivity contribution in [1.82, 2.24) is 0 Å². The van der Waals surface area contributed by atoms with Gasteiger partial charge in [-0.25, -0.2) is 0 Å². The van der Waals surface area contributed by atoms with Gasteiger partial charge in [0.05, 0.1) is 0 Å². The van der Waals surface area contributed by atoms with Crippen LogP contribution in [-0.2, 0) is 34.3 Å². The third-order valence-electron chi connectivity index (χ3n) is 0. The predicted molar refractivity (Wildman–Crippen MR) is 12.1 cm³/mol. The van der Waals surface area contributed by atoms with Crippen LogP contribution in [0.3, 0.4) is 0 Å². The first-order valence-corrected chi connectivity index (χ1v) is 0.908. The molecule has 0 aromatic rings. The summed E-state index contributed by atoms with van der Waals surface area (Å²) in [7, 11) is 0. The second-order valence-electron chi connectivity index (χ2n) is 0.492. The number of carboxylic acids is 1. The molecule has 4 nitrogen and oxygen atoms in total. The molecule has 5 heteroatoms. The van der Waals surface area contributed by atoms with Gasteiger partial charge in [-0.1, -0.05) is 0 Å². The Balaban J connectivity index is -0.0000000150. The van der Waals surface area contributed by atoms with Crippen molar-refractivity contribution in [2.75, 3.05) is 0 Å². The Bertz CT molecular complexity index is 32.7. The van der Waals surface area contributed by atoms with Crippen molar-refractivity contribution >= 4 is 5.97 Å². The summed E-state index contributed by atoms with van der Waals surface area (Å²) < 4.78 is 0. The fourth-order valence-electron chi connectivity index (χ4n) is 0. The van der Waals surface area contributed by atoms with Gasteiger partial charge in [0.2, 0.25) is 0 Å². The van der Waals surface area contributed by atoms with Crippen LogP contribution < -0.4 is 5.11 Å². The van der Waals surface area contributed by atoms with Crippen LogP contribution in [0.1, 0.15) is 6.92 Å². The molecule has 0 spiro atoms. The van der Waals surface area contributed by atoms with E-state index >= 15 is 0 Å². The first-order chi connectivity index (χ1) is 1.73. The van der Waals surface area contributed by atoms with Gasteiger partial charge in [-0.3, -0.25) is 0 Å². The summed E-state index contributed by atoms with van der Waals surface area (Å²) in [6.45, 7) is 0.972. The molecule has 0 aromatic carbocycles. The molecule has 0 rings (SSSR count). The van der Waals surface area contributed by atoms with Gasteiger partial charge < -0.3 is 20.9 Å². The van der Waals surface area contributed by atoms with Gasteiger partial charge in [0.25, 0.3) is 0 Å². The van der Waals surface area contributed by atoms with Gasteiger partial charge in [0, 0.05) is 24.5 Å². The van der Waals surface area contributed by atoms with Crippen LogP contribution in [0.2, 0.25) is 0 Å². The van der Waals surface area contributed by atoms with Crippen molar-refractivity contribution < 1.29 is 39.4 Å². The van der Waals surface area contributed by atoms with Crippen LogP contribution in [0.15, 0.2) is 0 Å². The third kappa shape index (κ3) is 144000. The summed E-state index contributed by atoms with van der Waals surface area (Å²) in [4.78, 5) is 8.89. The molecule has 0 saturated carbocycles. The molecule has 0 saturated heterocycles. The maximum atomic E-state index is 8.89. The van der Waals surface area contributed by atoms with Gasteiger partial charge in [-0.15, -0.1) is 0 Å². The molecule has 0 atom stereocenters. The molecule has 0 bridgehead atoms. The number of rotatable bonds is 0. The minimum absolute atomic E-state index is 0. The van der Waals surface area contributed by atoms with E-state index in [1.165, 1.54) is 0 Å². The summed E-state index contributed by atoms with van der Waals surface area (Å²) >= 11 is 0. The van der Waals surface area contributed by atoms with Crippen LogP contribution >= 0.6 is 0 Å². The fourth-order valence-corrected chi connectivity index (χ4v) is 0. The molecule has 0 N–H and O–H groups in total. The van der Waals surface area contributed by atoms with Crippen molar-refractivity contribution in [1.29, 1.82) is 0 Å². The van der Waals surface area contributed by atoms with E-state index in [1.807, 2.05) is 0 Å². The SMILES string of the molecule is CC(=O)[O-].[O-2].[O-2].[V]. The Labute approximate surface area is 53.0 Å². The molecule has 0 aliphatic carbocycles. The summed E-state index contributed by atoms with van der Waals surface area (Å²) in [5.74, 6) is -1.08. The second kappa shape index (κ2) is 16.7. The summed E-state index contributed by atoms with van der Waals surface area (Å²) in [5, 5.41) is 8.89. The van der Waals surface area contributed by atoms with E-state index in [-0.39, 0.29) is 29.5 Å². The molecule has 0 amide bonds. The van der Waals surface area contributed by atoms with Crippen LogP contribution in [0.25, 0.3) is 0 Å². The van der Waals surface area contributed by atoms with Crippen molar-refractivity contribution in [2.24, 2.45) is 0 Å². The first-order valence-electron chi connectivity index (χ1n) is 0.908. The third-order valence-corrected chi connectivity index (χ3v) is 0. The molecule has 0 unspecified atom stereocenters. The van der Waals surface area contributed by atoms with Crippen molar-refractivity contribution in [3.8, 4) is 0 Å². The molecule has 0 aliphatic heterocycles. The fraction of sp³-hybridized carbons (Fsp3) is 0.500. The molecule has 45 valence electrons. The van der Waals surface area contributed by atoms with E-state index in [9.17, 15) is 0 Å². The van der Waals surface area contributed by atoms with Crippen molar-refractivity contribution in [2.45, 2.75) is 6.92 Å². The summed E-state index contributed by atoms with van der Waals surface area (Å²) in [6.07, 6.45) is 0. The first kappa shape index (κ1) is 28.1. The van der Waals surface area contributed by atoms with Gasteiger partial charge in [-0.2, -0.15) is 0 Å². The minimum Gasteiger partial charge on any atom is -2.00 e. The molecule has 0 aromatic heterocycles. The minimum atomic E-state index is -1.08. The monoisotopic (exact) mass is 142 g/mol. The van der Waals surface area contributed by atoms with Crippen LogP contribution in [-0.4, -0.2) is 5.97 Å². The van der Waals surface area contributed by atoms with E-state index in [0.717, 1.165) is 6.92 Å². The molecule has 0 aliphatic rings. The standard InChI is InChI=1S/C2H4O2.2O.V/c1-2(3)4;;;/h1H3,(H,3,4);;;/q;2*-2;/p-1. The van der Waals surface area contributed by atoms with E-state index in [0.29, 0.717) is 0 Å². The van der Waals surface area contributed by atoms with E-state index < -0.39 is 5.97 Å². The molecule has 7 heavy (non-hydrogen) atoms. The average molecular weight is 142 g/mol. The Kier molecular flexibility index (Phi) is 67.2. The normalized spacial score (nSPS) is 3.57. The quantitative estimate of drug-likeness (QED) is 0.411. The molecule has 1 radical (unpaired) electrons. The zero-order valence-electron chi connectivity index (χ0n) is 3.58. The van der Waals surface area contributed by atoms with Crippen molar-refractivity contribution in [3.63, 3.8) is 0 Å². The summed E-state index contributed by atoms with van der Waals surface area (Å²) in [6, 6.07) is 0.